The van der Waals surface area contributed by atoms with Gasteiger partial charge in [0.25, 0.3) is 0 Å². The van der Waals surface area contributed by atoms with Gasteiger partial charge in [0.2, 0.25) is 0 Å². The summed E-state index contributed by atoms with van der Waals surface area (Å²) < 4.78 is 133. The Labute approximate surface area is 202 Å². The average molecular weight is 576 g/mol. The quantitative estimate of drug-likeness (QED) is 0.386. The van der Waals surface area contributed by atoms with Gasteiger partial charge in [-0.2, -0.15) is 26.3 Å². The van der Waals surface area contributed by atoms with Crippen LogP contribution in [0.1, 0.15) is 0 Å². The van der Waals surface area contributed by atoms with E-state index >= 15 is 0 Å². The van der Waals surface area contributed by atoms with Crippen molar-refractivity contribution in [3.8, 4) is 11.5 Å². The van der Waals surface area contributed by atoms with Gasteiger partial charge in [-0.25, -0.2) is 16.8 Å². The van der Waals surface area contributed by atoms with Crippen molar-refractivity contribution in [1.29, 1.82) is 0 Å². The highest BCUT2D eigenvalue weighted by atomic mass is 32.4. The molecule has 0 bridgehead atoms. The van der Waals surface area contributed by atoms with Crippen LogP contribution in [0.5, 0.6) is 11.5 Å². The molecule has 3 aromatic rings. The molecular weight excluding hydrogens is 560 g/mol. The molecule has 0 spiro atoms. The first-order chi connectivity index (χ1) is 16.5. The van der Waals surface area contributed by atoms with Crippen LogP contribution in [0.3, 0.4) is 0 Å². The number of alkyl halides is 6. The van der Waals surface area contributed by atoms with Crippen LogP contribution in [0.15, 0.2) is 93.5 Å². The summed E-state index contributed by atoms with van der Waals surface area (Å²) in [6, 6.07) is 12.2. The van der Waals surface area contributed by atoms with Crippen molar-refractivity contribution in [2.75, 3.05) is 0 Å². The van der Waals surface area contributed by atoms with E-state index in [-0.39, 0.29) is 0 Å². The second kappa shape index (κ2) is 9.17. The van der Waals surface area contributed by atoms with Crippen molar-refractivity contribution in [3.63, 3.8) is 0 Å². The van der Waals surface area contributed by atoms with Gasteiger partial charge in [-0.05, 0) is 63.8 Å². The van der Waals surface area contributed by atoms with Gasteiger partial charge in [-0.3, -0.25) is 0 Å². The second-order valence-electron chi connectivity index (χ2n) is 6.95. The van der Waals surface area contributed by atoms with Crippen molar-refractivity contribution < 1.29 is 53.4 Å². The fourth-order valence-corrected chi connectivity index (χ4v) is 12.4. The summed E-state index contributed by atoms with van der Waals surface area (Å²) in [6.07, 6.45) is 0. The minimum atomic E-state index is -7.26. The lowest BCUT2D eigenvalue weighted by molar-refractivity contribution is -0.0505. The zero-order chi connectivity index (χ0) is 27.2. The van der Waals surface area contributed by atoms with Gasteiger partial charge in [-0.1, -0.05) is 28.4 Å². The molecule has 3 aromatic carbocycles. The monoisotopic (exact) mass is 575 g/mol. The van der Waals surface area contributed by atoms with Crippen LogP contribution in [0.25, 0.3) is 0 Å². The van der Waals surface area contributed by atoms with Crippen LogP contribution >= 0.6 is 10.2 Å². The Morgan fingerprint density at radius 3 is 1.14 bits per heavy atom. The molecule has 0 amide bonds. The molecule has 0 unspecified atom stereocenters. The molecule has 16 heteroatoms. The summed E-state index contributed by atoms with van der Waals surface area (Å²) >= 11 is 0. The van der Waals surface area contributed by atoms with Crippen molar-refractivity contribution in [3.05, 3.63) is 78.9 Å². The van der Waals surface area contributed by atoms with Gasteiger partial charge in [0.1, 0.15) is 11.5 Å². The molecule has 0 aliphatic heterocycles. The van der Waals surface area contributed by atoms with Crippen LogP contribution in [-0.2, 0) is 20.0 Å². The number of sulfonamides is 2. The third-order valence-corrected chi connectivity index (χ3v) is 13.6. The van der Waals surface area contributed by atoms with E-state index in [1.165, 1.54) is 6.07 Å². The lowest BCUT2D eigenvalue weighted by atomic mass is 10.3. The molecule has 2 N–H and O–H groups in total. The maximum Gasteiger partial charge on any atom is 0.513 e. The summed E-state index contributed by atoms with van der Waals surface area (Å²) in [5, 5.41) is 19.4. The lowest BCUT2D eigenvalue weighted by Gasteiger charge is -2.47. The van der Waals surface area contributed by atoms with E-state index in [4.69, 9.17) is 0 Å². The van der Waals surface area contributed by atoms with Crippen molar-refractivity contribution in [2.24, 2.45) is 0 Å². The first-order valence-corrected chi connectivity index (χ1v) is 13.8. The molecule has 0 fully saturated rings. The summed E-state index contributed by atoms with van der Waals surface area (Å²) in [4.78, 5) is -1.77. The van der Waals surface area contributed by atoms with E-state index in [1.54, 1.807) is 0 Å². The lowest BCUT2D eigenvalue weighted by Crippen LogP contribution is -2.50. The summed E-state index contributed by atoms with van der Waals surface area (Å²) in [5.41, 5.74) is -13.0. The predicted molar refractivity (Wildman–Crippen MR) is 117 cm³/mol. The van der Waals surface area contributed by atoms with Gasteiger partial charge in [0.05, 0.1) is 0 Å². The molecule has 0 atom stereocenters. The highest BCUT2D eigenvalue weighted by molar-refractivity contribution is 8.41. The normalized spacial score (nSPS) is 14.1. The van der Waals surface area contributed by atoms with Crippen LogP contribution in [0, 0.1) is 0 Å². The Morgan fingerprint density at radius 1 is 0.528 bits per heavy atom. The fourth-order valence-electron chi connectivity index (χ4n) is 3.16. The van der Waals surface area contributed by atoms with Crippen molar-refractivity contribution in [2.45, 2.75) is 25.7 Å². The van der Waals surface area contributed by atoms with Gasteiger partial charge in [0, 0.05) is 14.7 Å². The van der Waals surface area contributed by atoms with Gasteiger partial charge in [0.15, 0.2) is 0 Å². The molecule has 196 valence electrons. The first-order valence-electron chi connectivity index (χ1n) is 9.37. The molecule has 0 heterocycles. The summed E-state index contributed by atoms with van der Waals surface area (Å²) in [6.45, 7) is 0. The van der Waals surface area contributed by atoms with Gasteiger partial charge in [-0.15, -0.1) is 0 Å². The Kier molecular flexibility index (Phi) is 7.04. The fraction of sp³-hybridized carbons (Fsp3) is 0.100. The second-order valence-corrected chi connectivity index (χ2v) is 14.1. The number of hydrogen-bond acceptors (Lipinski definition) is 6. The van der Waals surface area contributed by atoms with Crippen molar-refractivity contribution in [1.82, 2.24) is 3.12 Å². The van der Waals surface area contributed by atoms with E-state index in [0.717, 1.165) is 72.8 Å². The molecular formula is C20H15F6NO6S3. The van der Waals surface area contributed by atoms with Crippen molar-refractivity contribution >= 4 is 30.3 Å². The Balaban J connectivity index is 2.71. The zero-order valence-corrected chi connectivity index (χ0v) is 19.9. The predicted octanol–water partition coefficient (Wildman–Crippen LogP) is 5.30. The maximum absolute atomic E-state index is 13.9. The largest absolute Gasteiger partial charge is 0.513 e. The number of hydrogen-bond donors (Lipinski definition) is 2. The number of nitrogens with zero attached hydrogens (tertiary/aromatic N) is 1. The standard InChI is InChI=1S/C20H15F6NO6S3/c21-19(22,23)35(30,31)27(36(32,33)20(24,25)26)34(16-4-2-1-3-5-16,17-10-6-14(28)7-11-17)18-12-8-15(29)9-13-18/h1-13,28-29H. The Hall–Kier alpha value is -2.95. The third kappa shape index (κ3) is 4.49. The van der Waals surface area contributed by atoms with E-state index in [2.05, 4.69) is 0 Å². The molecule has 7 nitrogen and oxygen atoms in total. The molecule has 36 heavy (non-hydrogen) atoms. The number of benzene rings is 3. The van der Waals surface area contributed by atoms with E-state index in [1.807, 2.05) is 0 Å². The van der Waals surface area contributed by atoms with E-state index in [0.29, 0.717) is 0 Å². The minimum absolute atomic E-state index is 0.491. The molecule has 0 aromatic heterocycles. The van der Waals surface area contributed by atoms with Gasteiger partial charge < -0.3 is 10.2 Å². The molecule has 3 rings (SSSR count). The van der Waals surface area contributed by atoms with Crippen LogP contribution in [0.2, 0.25) is 0 Å². The smallest absolute Gasteiger partial charge is 0.508 e. The number of rotatable bonds is 6. The topological polar surface area (TPSA) is 112 Å². The highest BCUT2D eigenvalue weighted by Gasteiger charge is 2.67. The van der Waals surface area contributed by atoms with E-state index < -0.39 is 70.6 Å². The highest BCUT2D eigenvalue weighted by Crippen LogP contribution is 2.74. The number of halogens is 6. The molecule has 0 aliphatic carbocycles. The number of aromatic hydroxyl groups is 2. The van der Waals surface area contributed by atoms with Crippen LogP contribution < -0.4 is 0 Å². The van der Waals surface area contributed by atoms with Crippen LogP contribution in [-0.4, -0.2) is 41.2 Å². The molecule has 0 saturated carbocycles. The van der Waals surface area contributed by atoms with Gasteiger partial charge >= 0.3 is 31.1 Å². The number of phenolic OH excluding ortho intramolecular Hbond substituents is 2. The minimum Gasteiger partial charge on any atom is -0.508 e. The summed E-state index contributed by atoms with van der Waals surface area (Å²) in [5.74, 6) is -0.982. The van der Waals surface area contributed by atoms with Crippen LogP contribution in [0.4, 0.5) is 26.3 Å². The first kappa shape index (κ1) is 27.6. The Bertz CT molecular complexity index is 1350. The maximum atomic E-state index is 13.9. The zero-order valence-electron chi connectivity index (χ0n) is 17.5. The molecule has 0 aliphatic rings. The molecule has 0 radical (unpaired) electrons. The SMILES string of the molecule is O=S(=O)(N(S(c1ccccc1)(c1ccc(O)cc1)c1ccc(O)cc1)S(=O)(=O)C(F)(F)F)C(F)(F)F. The third-order valence-electron chi connectivity index (χ3n) is 4.64. The summed E-state index contributed by atoms with van der Waals surface area (Å²) in [7, 11) is -19.2. The molecule has 0 saturated heterocycles. The Morgan fingerprint density at radius 2 is 0.833 bits per heavy atom. The number of phenols is 2. The van der Waals surface area contributed by atoms with E-state index in [9.17, 15) is 53.4 Å². The average Bonchev–Trinajstić information content (AvgIpc) is 2.77.